The van der Waals surface area contributed by atoms with Crippen molar-refractivity contribution in [2.45, 2.75) is 19.4 Å². The average molecular weight is 253 g/mol. The second kappa shape index (κ2) is 4.13. The lowest BCUT2D eigenvalue weighted by Crippen LogP contribution is -2.23. The average Bonchev–Trinajstić information content (AvgIpc) is 2.52. The summed E-state index contributed by atoms with van der Waals surface area (Å²) >= 11 is 3.45. The van der Waals surface area contributed by atoms with Crippen molar-refractivity contribution >= 4 is 21.8 Å². The van der Waals surface area contributed by atoms with Gasteiger partial charge in [0.1, 0.15) is 0 Å². The summed E-state index contributed by atoms with van der Waals surface area (Å²) in [6, 6.07) is 8.29. The van der Waals surface area contributed by atoms with E-state index in [1.165, 1.54) is 5.56 Å². The Labute approximate surface area is 92.6 Å². The van der Waals surface area contributed by atoms with Crippen LogP contribution in [0, 0.1) is 5.41 Å². The summed E-state index contributed by atoms with van der Waals surface area (Å²) in [4.78, 5) is 2.14. The Morgan fingerprint density at radius 3 is 2.93 bits per heavy atom. The van der Waals surface area contributed by atoms with Gasteiger partial charge in [-0.1, -0.05) is 28.1 Å². The third kappa shape index (κ3) is 2.15. The van der Waals surface area contributed by atoms with Crippen LogP contribution in [0.2, 0.25) is 0 Å². The molecule has 0 spiro atoms. The Hall–Kier alpha value is -0.830. The molecule has 1 heterocycles. The quantitative estimate of drug-likeness (QED) is 0.861. The predicted molar refractivity (Wildman–Crippen MR) is 61.5 cm³/mol. The van der Waals surface area contributed by atoms with Crippen LogP contribution in [0.25, 0.3) is 0 Å². The minimum absolute atomic E-state index is 0.782. The molecule has 0 atom stereocenters. The van der Waals surface area contributed by atoms with Gasteiger partial charge in [-0.3, -0.25) is 5.41 Å². The molecule has 2 rings (SSSR count). The Balaban J connectivity index is 2.07. The highest BCUT2D eigenvalue weighted by Crippen LogP contribution is 2.17. The van der Waals surface area contributed by atoms with Crippen LogP contribution in [-0.2, 0) is 6.54 Å². The molecule has 0 saturated carbocycles. The zero-order chi connectivity index (χ0) is 9.97. The number of nitrogens with zero attached hydrogens (tertiary/aromatic N) is 1. The molecule has 1 fully saturated rings. The predicted octanol–water partition coefficient (Wildman–Crippen LogP) is 3.02. The molecule has 74 valence electrons. The third-order valence-corrected chi connectivity index (χ3v) is 2.98. The van der Waals surface area contributed by atoms with Gasteiger partial charge in [0.15, 0.2) is 0 Å². The van der Waals surface area contributed by atoms with Gasteiger partial charge in [-0.25, -0.2) is 0 Å². The minimum Gasteiger partial charge on any atom is -0.356 e. The first kappa shape index (κ1) is 9.71. The summed E-state index contributed by atoms with van der Waals surface area (Å²) in [5.41, 5.74) is 1.27. The Bertz CT molecular complexity index is 349. The zero-order valence-electron chi connectivity index (χ0n) is 7.96. The van der Waals surface area contributed by atoms with E-state index in [2.05, 4.69) is 33.0 Å². The van der Waals surface area contributed by atoms with Crippen molar-refractivity contribution in [3.05, 3.63) is 34.3 Å². The molecule has 0 aromatic heterocycles. The van der Waals surface area contributed by atoms with Crippen molar-refractivity contribution in [3.63, 3.8) is 0 Å². The lowest BCUT2D eigenvalue weighted by molar-refractivity contribution is 0.446. The number of hydrogen-bond donors (Lipinski definition) is 1. The number of nitrogens with one attached hydrogen (secondary N) is 1. The first-order valence-electron chi connectivity index (χ1n) is 4.82. The lowest BCUT2D eigenvalue weighted by atomic mass is 10.2. The molecule has 1 aliphatic rings. The van der Waals surface area contributed by atoms with E-state index in [-0.39, 0.29) is 0 Å². The second-order valence-corrected chi connectivity index (χ2v) is 4.52. The molecule has 0 bridgehead atoms. The first-order chi connectivity index (χ1) is 6.75. The van der Waals surface area contributed by atoms with E-state index in [9.17, 15) is 0 Å². The summed E-state index contributed by atoms with van der Waals surface area (Å²) in [5, 5.41) is 7.72. The van der Waals surface area contributed by atoms with Crippen LogP contribution in [0.4, 0.5) is 0 Å². The first-order valence-corrected chi connectivity index (χ1v) is 5.62. The molecule has 0 unspecified atom stereocenters. The molecule has 1 aromatic rings. The maximum Gasteiger partial charge on any atom is 0.0961 e. The monoisotopic (exact) mass is 252 g/mol. The van der Waals surface area contributed by atoms with Crippen molar-refractivity contribution in [1.29, 1.82) is 5.41 Å². The summed E-state index contributed by atoms with van der Waals surface area (Å²) in [6.07, 6.45) is 2.07. The lowest BCUT2D eigenvalue weighted by Gasteiger charge is -2.17. The molecule has 0 radical (unpaired) electrons. The van der Waals surface area contributed by atoms with Crippen LogP contribution in [0.15, 0.2) is 28.7 Å². The maximum absolute atomic E-state index is 7.72. The Morgan fingerprint density at radius 1 is 1.43 bits per heavy atom. The van der Waals surface area contributed by atoms with Crippen molar-refractivity contribution in [2.24, 2.45) is 0 Å². The van der Waals surface area contributed by atoms with Gasteiger partial charge in [-0.2, -0.15) is 0 Å². The Kier molecular flexibility index (Phi) is 2.87. The molecule has 2 nitrogen and oxygen atoms in total. The van der Waals surface area contributed by atoms with Gasteiger partial charge in [0.2, 0.25) is 0 Å². The van der Waals surface area contributed by atoms with Gasteiger partial charge in [0.25, 0.3) is 0 Å². The molecule has 1 N–H and O–H groups in total. The smallest absolute Gasteiger partial charge is 0.0961 e. The van der Waals surface area contributed by atoms with Crippen molar-refractivity contribution in [3.8, 4) is 0 Å². The highest BCUT2D eigenvalue weighted by molar-refractivity contribution is 9.10. The highest BCUT2D eigenvalue weighted by atomic mass is 79.9. The fourth-order valence-electron chi connectivity index (χ4n) is 1.76. The standard InChI is InChI=1S/C11H13BrN2/c12-10-4-1-3-9(7-10)8-14-6-2-5-11(14)13/h1,3-4,7,13H,2,5-6,8H2. The van der Waals surface area contributed by atoms with Crippen molar-refractivity contribution in [2.75, 3.05) is 6.54 Å². The van der Waals surface area contributed by atoms with E-state index in [0.717, 1.165) is 36.2 Å². The summed E-state index contributed by atoms with van der Waals surface area (Å²) in [5.74, 6) is 0.782. The third-order valence-electron chi connectivity index (χ3n) is 2.49. The van der Waals surface area contributed by atoms with Gasteiger partial charge in [0, 0.05) is 24.0 Å². The molecule has 1 saturated heterocycles. The summed E-state index contributed by atoms with van der Waals surface area (Å²) in [6.45, 7) is 1.91. The van der Waals surface area contributed by atoms with E-state index in [4.69, 9.17) is 5.41 Å². The Morgan fingerprint density at radius 2 is 2.29 bits per heavy atom. The number of rotatable bonds is 2. The molecule has 1 aromatic carbocycles. The minimum atomic E-state index is 0.782. The largest absolute Gasteiger partial charge is 0.356 e. The fourth-order valence-corrected chi connectivity index (χ4v) is 2.21. The number of amidine groups is 1. The van der Waals surface area contributed by atoms with Gasteiger partial charge in [-0.15, -0.1) is 0 Å². The van der Waals surface area contributed by atoms with E-state index in [1.807, 2.05) is 12.1 Å². The molecule has 14 heavy (non-hydrogen) atoms. The van der Waals surface area contributed by atoms with Gasteiger partial charge in [-0.05, 0) is 24.1 Å². The number of halogens is 1. The molecular formula is C11H13BrN2. The second-order valence-electron chi connectivity index (χ2n) is 3.60. The van der Waals surface area contributed by atoms with Crippen LogP contribution in [0.1, 0.15) is 18.4 Å². The zero-order valence-corrected chi connectivity index (χ0v) is 9.55. The molecule has 0 aliphatic carbocycles. The number of likely N-dealkylation sites (tertiary alicyclic amines) is 1. The van der Waals surface area contributed by atoms with Gasteiger partial charge in [0.05, 0.1) is 5.84 Å². The van der Waals surface area contributed by atoms with Gasteiger partial charge < -0.3 is 4.90 Å². The van der Waals surface area contributed by atoms with Crippen LogP contribution in [0.3, 0.4) is 0 Å². The molecule has 0 amide bonds. The van der Waals surface area contributed by atoms with Crippen molar-refractivity contribution < 1.29 is 0 Å². The SMILES string of the molecule is N=C1CCCN1Cc1cccc(Br)c1. The van der Waals surface area contributed by atoms with Crippen LogP contribution in [-0.4, -0.2) is 17.3 Å². The van der Waals surface area contributed by atoms with E-state index >= 15 is 0 Å². The summed E-state index contributed by atoms with van der Waals surface area (Å²) < 4.78 is 1.11. The molecular weight excluding hydrogens is 240 g/mol. The van der Waals surface area contributed by atoms with E-state index < -0.39 is 0 Å². The maximum atomic E-state index is 7.72. The van der Waals surface area contributed by atoms with E-state index in [0.29, 0.717) is 0 Å². The topological polar surface area (TPSA) is 27.1 Å². The van der Waals surface area contributed by atoms with Crippen LogP contribution in [0.5, 0.6) is 0 Å². The molecule has 3 heteroatoms. The van der Waals surface area contributed by atoms with E-state index in [1.54, 1.807) is 0 Å². The van der Waals surface area contributed by atoms with Crippen LogP contribution >= 0.6 is 15.9 Å². The van der Waals surface area contributed by atoms with Crippen molar-refractivity contribution in [1.82, 2.24) is 4.90 Å². The molecule has 1 aliphatic heterocycles. The van der Waals surface area contributed by atoms with Gasteiger partial charge >= 0.3 is 0 Å². The normalized spacial score (nSPS) is 16.4. The fraction of sp³-hybridized carbons (Fsp3) is 0.364. The highest BCUT2D eigenvalue weighted by Gasteiger charge is 2.16. The number of benzene rings is 1. The summed E-state index contributed by atoms with van der Waals surface area (Å²) in [7, 11) is 0. The number of hydrogen-bond acceptors (Lipinski definition) is 1. The van der Waals surface area contributed by atoms with Crippen LogP contribution < -0.4 is 0 Å².